The molecule has 33 heavy (non-hydrogen) atoms. The van der Waals surface area contributed by atoms with Gasteiger partial charge in [-0.25, -0.2) is 4.79 Å². The standard InChI is InChI=1S/C26H31N3O4/c1-31-24-16-21-22(17-25(24)32-2)27-13-9-23(21)29-14-10-19(11-15-29)8-12-28-26(30)33-18-20-6-4-3-5-7-20/h3-7,9,13,16-17,19H,8,10-12,14-15,18H2,1-2H3,(H,28,30). The molecule has 7 nitrogen and oxygen atoms in total. The molecule has 0 bridgehead atoms. The Labute approximate surface area is 194 Å². The fourth-order valence-corrected chi connectivity index (χ4v) is 4.35. The molecule has 1 aliphatic heterocycles. The monoisotopic (exact) mass is 449 g/mol. The number of methoxy groups -OCH3 is 2. The van der Waals surface area contributed by atoms with Gasteiger partial charge in [-0.3, -0.25) is 4.98 Å². The summed E-state index contributed by atoms with van der Waals surface area (Å²) in [5.41, 5.74) is 3.05. The molecular formula is C26H31N3O4. The maximum absolute atomic E-state index is 12.0. The fraction of sp³-hybridized carbons (Fsp3) is 0.385. The van der Waals surface area contributed by atoms with E-state index in [1.807, 2.05) is 48.7 Å². The summed E-state index contributed by atoms with van der Waals surface area (Å²) < 4.78 is 16.2. The normalized spacial score (nSPS) is 14.2. The molecule has 0 atom stereocenters. The highest BCUT2D eigenvalue weighted by Gasteiger charge is 2.21. The number of nitrogens with one attached hydrogen (secondary N) is 1. The van der Waals surface area contributed by atoms with Crippen molar-refractivity contribution in [2.75, 3.05) is 38.8 Å². The molecule has 7 heteroatoms. The second-order valence-electron chi connectivity index (χ2n) is 8.26. The summed E-state index contributed by atoms with van der Waals surface area (Å²) in [6, 6.07) is 15.7. The molecular weight excluding hydrogens is 418 g/mol. The largest absolute Gasteiger partial charge is 0.493 e. The van der Waals surface area contributed by atoms with Crippen molar-refractivity contribution < 1.29 is 19.0 Å². The second kappa shape index (κ2) is 10.9. The molecule has 1 saturated heterocycles. The zero-order valence-corrected chi connectivity index (χ0v) is 19.3. The Morgan fingerprint density at radius 1 is 1.06 bits per heavy atom. The van der Waals surface area contributed by atoms with Crippen molar-refractivity contribution in [3.8, 4) is 11.5 Å². The fourth-order valence-electron chi connectivity index (χ4n) is 4.35. The van der Waals surface area contributed by atoms with E-state index >= 15 is 0 Å². The molecule has 4 rings (SSSR count). The van der Waals surface area contributed by atoms with E-state index in [9.17, 15) is 4.79 Å². The molecule has 1 aliphatic rings. The number of amides is 1. The van der Waals surface area contributed by atoms with E-state index in [-0.39, 0.29) is 6.09 Å². The molecule has 3 aromatic rings. The Kier molecular flexibility index (Phi) is 7.50. The average Bonchev–Trinajstić information content (AvgIpc) is 2.87. The van der Waals surface area contributed by atoms with Crippen LogP contribution in [0.25, 0.3) is 10.9 Å². The van der Waals surface area contributed by atoms with E-state index in [2.05, 4.69) is 21.3 Å². The summed E-state index contributed by atoms with van der Waals surface area (Å²) in [6.07, 6.45) is 4.61. The summed E-state index contributed by atoms with van der Waals surface area (Å²) >= 11 is 0. The third-order valence-electron chi connectivity index (χ3n) is 6.21. The predicted octanol–water partition coefficient (Wildman–Crippen LogP) is 4.78. The minimum absolute atomic E-state index is 0.293. The molecule has 0 unspecified atom stereocenters. The lowest BCUT2D eigenvalue weighted by Gasteiger charge is -2.34. The number of carbonyl (C=O) groups is 1. The molecule has 2 aromatic carbocycles. The molecule has 1 amide bonds. The van der Waals surface area contributed by atoms with Gasteiger partial charge in [-0.2, -0.15) is 0 Å². The quantitative estimate of drug-likeness (QED) is 0.533. The van der Waals surface area contributed by atoms with Gasteiger partial charge in [-0.05, 0) is 42.9 Å². The number of carbonyl (C=O) groups excluding carboxylic acids is 1. The van der Waals surface area contributed by atoms with Gasteiger partial charge in [-0.15, -0.1) is 0 Å². The lowest BCUT2D eigenvalue weighted by molar-refractivity contribution is 0.139. The van der Waals surface area contributed by atoms with Crippen LogP contribution in [0.1, 0.15) is 24.8 Å². The van der Waals surface area contributed by atoms with Crippen LogP contribution in [0, 0.1) is 5.92 Å². The van der Waals surface area contributed by atoms with Gasteiger partial charge in [0, 0.05) is 43.0 Å². The van der Waals surface area contributed by atoms with Crippen molar-refractivity contribution in [1.82, 2.24) is 10.3 Å². The SMILES string of the molecule is COc1cc2nccc(N3CCC(CCNC(=O)OCc4ccccc4)CC3)c2cc1OC. The molecule has 0 spiro atoms. The van der Waals surface area contributed by atoms with Gasteiger partial charge in [0.15, 0.2) is 11.5 Å². The van der Waals surface area contributed by atoms with Crippen LogP contribution in [0.3, 0.4) is 0 Å². The third kappa shape index (κ3) is 5.66. The highest BCUT2D eigenvalue weighted by molar-refractivity contribution is 5.94. The van der Waals surface area contributed by atoms with Crippen molar-refractivity contribution in [2.24, 2.45) is 5.92 Å². The van der Waals surface area contributed by atoms with Crippen LogP contribution < -0.4 is 19.7 Å². The number of nitrogens with zero attached hydrogens (tertiary/aromatic N) is 2. The number of hydrogen-bond acceptors (Lipinski definition) is 6. The van der Waals surface area contributed by atoms with Gasteiger partial charge >= 0.3 is 6.09 Å². The lowest BCUT2D eigenvalue weighted by Crippen LogP contribution is -2.35. The first-order chi connectivity index (χ1) is 16.2. The van der Waals surface area contributed by atoms with Crippen molar-refractivity contribution in [1.29, 1.82) is 0 Å². The number of aromatic nitrogens is 1. The van der Waals surface area contributed by atoms with Gasteiger partial charge in [0.1, 0.15) is 6.61 Å². The predicted molar refractivity (Wildman–Crippen MR) is 129 cm³/mol. The summed E-state index contributed by atoms with van der Waals surface area (Å²) in [6.45, 7) is 2.86. The van der Waals surface area contributed by atoms with E-state index in [1.165, 1.54) is 5.69 Å². The average molecular weight is 450 g/mol. The summed E-state index contributed by atoms with van der Waals surface area (Å²) in [4.78, 5) is 18.9. The van der Waals surface area contributed by atoms with Crippen LogP contribution in [0.2, 0.25) is 0 Å². The van der Waals surface area contributed by atoms with Crippen LogP contribution in [-0.2, 0) is 11.3 Å². The van der Waals surface area contributed by atoms with Gasteiger partial charge in [0.2, 0.25) is 0 Å². The smallest absolute Gasteiger partial charge is 0.407 e. The van der Waals surface area contributed by atoms with Crippen LogP contribution >= 0.6 is 0 Å². The highest BCUT2D eigenvalue weighted by Crippen LogP contribution is 2.36. The van der Waals surface area contributed by atoms with E-state index < -0.39 is 0 Å². The van der Waals surface area contributed by atoms with Crippen molar-refractivity contribution in [3.05, 3.63) is 60.3 Å². The Morgan fingerprint density at radius 3 is 2.52 bits per heavy atom. The number of anilines is 1. The number of pyridine rings is 1. The highest BCUT2D eigenvalue weighted by atomic mass is 16.5. The van der Waals surface area contributed by atoms with Crippen LogP contribution in [0.15, 0.2) is 54.7 Å². The number of fused-ring (bicyclic) bond motifs is 1. The third-order valence-corrected chi connectivity index (χ3v) is 6.21. The molecule has 0 aliphatic carbocycles. The van der Waals surface area contributed by atoms with Crippen LogP contribution in [0.4, 0.5) is 10.5 Å². The maximum Gasteiger partial charge on any atom is 0.407 e. The van der Waals surface area contributed by atoms with Crippen molar-refractivity contribution in [3.63, 3.8) is 0 Å². The number of alkyl carbamates (subject to hydrolysis) is 1. The van der Waals surface area contributed by atoms with Gasteiger partial charge in [0.05, 0.1) is 19.7 Å². The van der Waals surface area contributed by atoms with E-state index in [4.69, 9.17) is 14.2 Å². The molecule has 2 heterocycles. The van der Waals surface area contributed by atoms with Gasteiger partial charge in [-0.1, -0.05) is 30.3 Å². The number of rotatable bonds is 8. The van der Waals surface area contributed by atoms with E-state index in [1.54, 1.807) is 14.2 Å². The minimum atomic E-state index is -0.357. The number of ether oxygens (including phenoxy) is 3. The van der Waals surface area contributed by atoms with Crippen LogP contribution in [-0.4, -0.2) is 44.9 Å². The second-order valence-corrected chi connectivity index (χ2v) is 8.26. The Morgan fingerprint density at radius 2 is 1.79 bits per heavy atom. The van der Waals surface area contributed by atoms with Crippen LogP contribution in [0.5, 0.6) is 11.5 Å². The minimum Gasteiger partial charge on any atom is -0.493 e. The zero-order valence-electron chi connectivity index (χ0n) is 19.3. The first kappa shape index (κ1) is 22.7. The maximum atomic E-state index is 12.0. The molecule has 0 saturated carbocycles. The van der Waals surface area contributed by atoms with Crippen molar-refractivity contribution >= 4 is 22.7 Å². The number of hydrogen-bond donors (Lipinski definition) is 1. The molecule has 1 aromatic heterocycles. The lowest BCUT2D eigenvalue weighted by atomic mass is 9.93. The summed E-state index contributed by atoms with van der Waals surface area (Å²) in [7, 11) is 3.28. The number of piperidine rings is 1. The van der Waals surface area contributed by atoms with E-state index in [0.717, 1.165) is 48.8 Å². The van der Waals surface area contributed by atoms with Gasteiger partial charge < -0.3 is 24.4 Å². The first-order valence-corrected chi connectivity index (χ1v) is 11.4. The van der Waals surface area contributed by atoms with E-state index in [0.29, 0.717) is 30.6 Å². The summed E-state index contributed by atoms with van der Waals surface area (Å²) in [5.74, 6) is 1.97. The van der Waals surface area contributed by atoms with Crippen molar-refractivity contribution in [2.45, 2.75) is 25.9 Å². The Hall–Kier alpha value is -3.48. The Bertz CT molecular complexity index is 1070. The molecule has 1 fully saturated rings. The first-order valence-electron chi connectivity index (χ1n) is 11.4. The molecule has 174 valence electrons. The summed E-state index contributed by atoms with van der Waals surface area (Å²) in [5, 5.41) is 3.95. The molecule has 1 N–H and O–H groups in total. The number of benzene rings is 2. The molecule has 0 radical (unpaired) electrons. The zero-order chi connectivity index (χ0) is 23.0. The Balaban J connectivity index is 1.27. The van der Waals surface area contributed by atoms with Gasteiger partial charge in [0.25, 0.3) is 0 Å². The topological polar surface area (TPSA) is 72.9 Å².